The molecule has 7 nitrogen and oxygen atoms in total. The van der Waals surface area contributed by atoms with Crippen molar-refractivity contribution in [3.05, 3.63) is 58.8 Å². The summed E-state index contributed by atoms with van der Waals surface area (Å²) in [7, 11) is 0. The monoisotopic (exact) mass is 402 g/mol. The maximum absolute atomic E-state index is 12.9. The number of anilines is 1. The van der Waals surface area contributed by atoms with Crippen LogP contribution in [0.15, 0.2) is 47.4 Å². The molecule has 30 heavy (non-hydrogen) atoms. The Morgan fingerprint density at radius 3 is 2.47 bits per heavy atom. The van der Waals surface area contributed by atoms with Crippen LogP contribution in [0.25, 0.3) is 22.2 Å². The smallest absolute Gasteiger partial charge is 0.330 e. The number of aromatic nitrogens is 5. The van der Waals surface area contributed by atoms with E-state index >= 15 is 0 Å². The molecule has 4 aromatic rings. The lowest BCUT2D eigenvalue weighted by Crippen LogP contribution is -2.37. The van der Waals surface area contributed by atoms with Crippen molar-refractivity contribution in [3.63, 3.8) is 0 Å². The van der Waals surface area contributed by atoms with Crippen LogP contribution < -0.4 is 10.6 Å². The second kappa shape index (κ2) is 7.55. The molecule has 1 aliphatic heterocycles. The average Bonchev–Trinajstić information content (AvgIpc) is 3.04. The van der Waals surface area contributed by atoms with Crippen molar-refractivity contribution in [2.45, 2.75) is 39.8 Å². The van der Waals surface area contributed by atoms with E-state index in [1.165, 1.54) is 0 Å². The van der Waals surface area contributed by atoms with Crippen LogP contribution in [-0.2, 0) is 13.1 Å². The molecular weight excluding hydrogens is 376 g/mol. The van der Waals surface area contributed by atoms with Gasteiger partial charge in [-0.25, -0.2) is 19.7 Å². The first-order chi connectivity index (χ1) is 14.7. The number of hydrogen-bond donors (Lipinski definition) is 0. The number of rotatable bonds is 4. The number of fused-ring (bicyclic) bond motifs is 2. The molecule has 0 amide bonds. The molecule has 4 heterocycles. The highest BCUT2D eigenvalue weighted by molar-refractivity contribution is 5.76. The summed E-state index contributed by atoms with van der Waals surface area (Å²) in [6, 6.07) is 11.9. The number of para-hydroxylation sites is 2. The minimum absolute atomic E-state index is 0.0462. The zero-order chi connectivity index (χ0) is 20.7. The molecule has 0 saturated carbocycles. The number of imidazole rings is 1. The SMILES string of the molecule is CCn1c(=O)n(CC2CCN(c3nc4ccccc4nc3C)CC2)c2ncccc21. The van der Waals surface area contributed by atoms with Gasteiger partial charge in [0.1, 0.15) is 0 Å². The molecule has 0 unspecified atom stereocenters. The highest BCUT2D eigenvalue weighted by Gasteiger charge is 2.24. The van der Waals surface area contributed by atoms with Crippen molar-refractivity contribution in [2.24, 2.45) is 5.92 Å². The van der Waals surface area contributed by atoms with Gasteiger partial charge in [0.2, 0.25) is 0 Å². The molecule has 0 aliphatic carbocycles. The maximum Gasteiger partial charge on any atom is 0.330 e. The minimum atomic E-state index is 0.0462. The minimum Gasteiger partial charge on any atom is -0.355 e. The fourth-order valence-electron chi connectivity index (χ4n) is 4.58. The van der Waals surface area contributed by atoms with Gasteiger partial charge in [0.05, 0.1) is 22.2 Å². The van der Waals surface area contributed by atoms with Crippen molar-refractivity contribution >= 4 is 28.0 Å². The molecule has 1 aromatic carbocycles. The lowest BCUT2D eigenvalue weighted by atomic mass is 9.96. The van der Waals surface area contributed by atoms with Gasteiger partial charge in [-0.15, -0.1) is 0 Å². The predicted molar refractivity (Wildman–Crippen MR) is 119 cm³/mol. The third kappa shape index (κ3) is 3.14. The van der Waals surface area contributed by atoms with Crippen molar-refractivity contribution in [2.75, 3.05) is 18.0 Å². The summed E-state index contributed by atoms with van der Waals surface area (Å²) in [4.78, 5) is 29.3. The zero-order valence-electron chi connectivity index (χ0n) is 17.5. The predicted octanol–water partition coefficient (Wildman–Crippen LogP) is 3.39. The quantitative estimate of drug-likeness (QED) is 0.523. The standard InChI is InChI=1S/C23H26N6O/c1-3-28-20-9-6-12-24-22(20)29(23(28)30)15-17-10-13-27(14-11-17)21-16(2)25-18-7-4-5-8-19(18)26-21/h4-9,12,17H,3,10-11,13-15H2,1-2H3. The Labute approximate surface area is 175 Å². The third-order valence-electron chi connectivity index (χ3n) is 6.17. The number of benzene rings is 1. The van der Waals surface area contributed by atoms with E-state index < -0.39 is 0 Å². The van der Waals surface area contributed by atoms with E-state index in [2.05, 4.69) is 9.88 Å². The summed E-state index contributed by atoms with van der Waals surface area (Å²) in [6.07, 6.45) is 3.81. The van der Waals surface area contributed by atoms with Gasteiger partial charge >= 0.3 is 5.69 Å². The van der Waals surface area contributed by atoms with Crippen molar-refractivity contribution in [1.29, 1.82) is 0 Å². The van der Waals surface area contributed by atoms with Crippen LogP contribution in [0.2, 0.25) is 0 Å². The molecule has 1 saturated heterocycles. The topological polar surface area (TPSA) is 68.8 Å². The van der Waals surface area contributed by atoms with Crippen LogP contribution in [0.4, 0.5) is 5.82 Å². The van der Waals surface area contributed by atoms with Crippen LogP contribution in [0.3, 0.4) is 0 Å². The van der Waals surface area contributed by atoms with Crippen LogP contribution in [-0.4, -0.2) is 37.2 Å². The fourth-order valence-corrected chi connectivity index (χ4v) is 4.58. The van der Waals surface area contributed by atoms with Crippen molar-refractivity contribution in [3.8, 4) is 0 Å². The molecule has 0 spiro atoms. The van der Waals surface area contributed by atoms with E-state index in [4.69, 9.17) is 9.97 Å². The van der Waals surface area contributed by atoms with E-state index in [0.29, 0.717) is 12.5 Å². The van der Waals surface area contributed by atoms with Crippen molar-refractivity contribution < 1.29 is 0 Å². The number of aryl methyl sites for hydroxylation is 2. The maximum atomic E-state index is 12.9. The Morgan fingerprint density at radius 2 is 1.73 bits per heavy atom. The molecule has 0 N–H and O–H groups in total. The Balaban J connectivity index is 1.35. The summed E-state index contributed by atoms with van der Waals surface area (Å²) in [5.74, 6) is 1.43. The van der Waals surface area contributed by atoms with Gasteiger partial charge in [0.25, 0.3) is 0 Å². The molecule has 0 bridgehead atoms. The van der Waals surface area contributed by atoms with E-state index in [0.717, 1.165) is 66.2 Å². The van der Waals surface area contributed by atoms with Gasteiger partial charge in [-0.3, -0.25) is 9.13 Å². The van der Waals surface area contributed by atoms with Crippen LogP contribution >= 0.6 is 0 Å². The Hall–Kier alpha value is -3.22. The first-order valence-corrected chi connectivity index (χ1v) is 10.7. The van der Waals surface area contributed by atoms with Gasteiger partial charge in [0.15, 0.2) is 11.5 Å². The average molecular weight is 403 g/mol. The van der Waals surface area contributed by atoms with E-state index in [1.807, 2.05) is 59.4 Å². The Bertz CT molecular complexity index is 1270. The normalized spacial score (nSPS) is 15.3. The molecule has 1 fully saturated rings. The summed E-state index contributed by atoms with van der Waals surface area (Å²) in [6.45, 7) is 7.26. The summed E-state index contributed by atoms with van der Waals surface area (Å²) >= 11 is 0. The molecular formula is C23H26N6O. The van der Waals surface area contributed by atoms with Crippen LogP contribution in [0.1, 0.15) is 25.5 Å². The molecule has 154 valence electrons. The number of pyridine rings is 1. The Kier molecular flexibility index (Phi) is 4.73. The second-order valence-electron chi connectivity index (χ2n) is 8.04. The lowest BCUT2D eigenvalue weighted by molar-refractivity contribution is 0.353. The number of nitrogens with zero attached hydrogens (tertiary/aromatic N) is 6. The highest BCUT2D eigenvalue weighted by atomic mass is 16.1. The largest absolute Gasteiger partial charge is 0.355 e. The molecule has 7 heteroatoms. The first-order valence-electron chi connectivity index (χ1n) is 10.7. The molecule has 1 aliphatic rings. The molecule has 5 rings (SSSR count). The van der Waals surface area contributed by atoms with Gasteiger partial charge in [-0.05, 0) is 56.9 Å². The second-order valence-corrected chi connectivity index (χ2v) is 8.04. The van der Waals surface area contributed by atoms with Gasteiger partial charge in [-0.2, -0.15) is 0 Å². The van der Waals surface area contributed by atoms with Gasteiger partial charge in [-0.1, -0.05) is 12.1 Å². The number of hydrogen-bond acceptors (Lipinski definition) is 5. The van der Waals surface area contributed by atoms with E-state index in [-0.39, 0.29) is 5.69 Å². The summed E-state index contributed by atoms with van der Waals surface area (Å²) < 4.78 is 3.67. The number of piperidine rings is 1. The zero-order valence-corrected chi connectivity index (χ0v) is 17.5. The molecule has 3 aromatic heterocycles. The van der Waals surface area contributed by atoms with Crippen LogP contribution in [0.5, 0.6) is 0 Å². The van der Waals surface area contributed by atoms with E-state index in [9.17, 15) is 4.79 Å². The van der Waals surface area contributed by atoms with Crippen LogP contribution in [0, 0.1) is 12.8 Å². The van der Waals surface area contributed by atoms with Gasteiger partial charge < -0.3 is 4.90 Å². The third-order valence-corrected chi connectivity index (χ3v) is 6.17. The summed E-state index contributed by atoms with van der Waals surface area (Å²) in [5.41, 5.74) is 4.61. The molecule has 0 atom stereocenters. The first kappa shape index (κ1) is 18.8. The summed E-state index contributed by atoms with van der Waals surface area (Å²) in [5, 5.41) is 0. The van der Waals surface area contributed by atoms with Gasteiger partial charge in [0, 0.05) is 32.4 Å². The Morgan fingerprint density at radius 1 is 1.00 bits per heavy atom. The highest BCUT2D eigenvalue weighted by Crippen LogP contribution is 2.26. The fraction of sp³-hybridized carbons (Fsp3) is 0.391. The van der Waals surface area contributed by atoms with Crippen molar-refractivity contribution in [1.82, 2.24) is 24.1 Å². The van der Waals surface area contributed by atoms with E-state index in [1.54, 1.807) is 6.20 Å². The lowest BCUT2D eigenvalue weighted by Gasteiger charge is -2.33. The molecule has 0 radical (unpaired) electrons.